The quantitative estimate of drug-likeness (QED) is 0.256. The number of rotatable bonds is 6. The summed E-state index contributed by atoms with van der Waals surface area (Å²) in [4.78, 5) is 73.9. The van der Waals surface area contributed by atoms with Gasteiger partial charge in [-0.2, -0.15) is 0 Å². The van der Waals surface area contributed by atoms with E-state index in [9.17, 15) is 24.0 Å². The van der Waals surface area contributed by atoms with Crippen molar-refractivity contribution < 1.29 is 14.4 Å². The Labute approximate surface area is 237 Å². The smallest absolute Gasteiger partial charge is 0.287 e. The molecule has 0 atom stereocenters. The fourth-order valence-electron chi connectivity index (χ4n) is 5.03. The summed E-state index contributed by atoms with van der Waals surface area (Å²) in [6, 6.07) is 15.0. The van der Waals surface area contributed by atoms with Gasteiger partial charge in [-0.05, 0) is 73.4 Å². The second-order valence-corrected chi connectivity index (χ2v) is 11.0. The molecule has 1 N–H and O–H groups in total. The van der Waals surface area contributed by atoms with Gasteiger partial charge in [0, 0.05) is 21.3 Å². The van der Waals surface area contributed by atoms with E-state index in [1.165, 1.54) is 4.57 Å². The Morgan fingerprint density at radius 2 is 1.60 bits per heavy atom. The third-order valence-electron chi connectivity index (χ3n) is 6.70. The molecule has 0 fully saturated rings. The molecule has 4 aromatic rings. The Bertz CT molecular complexity index is 1800. The third kappa shape index (κ3) is 4.75. The van der Waals surface area contributed by atoms with Crippen molar-refractivity contribution in [3.8, 4) is 0 Å². The van der Waals surface area contributed by atoms with Gasteiger partial charge in [-0.1, -0.05) is 41.9 Å². The fourth-order valence-corrected chi connectivity index (χ4v) is 5.64. The highest BCUT2D eigenvalue weighted by Gasteiger charge is 2.37. The minimum atomic E-state index is -0.749. The van der Waals surface area contributed by atoms with Crippen LogP contribution >= 0.6 is 15.9 Å². The molecule has 10 heteroatoms. The number of carbonyl (C=O) groups is 3. The molecule has 0 bridgehead atoms. The molecule has 0 unspecified atom stereocenters. The first-order chi connectivity index (χ1) is 19.0. The van der Waals surface area contributed by atoms with E-state index >= 15 is 0 Å². The van der Waals surface area contributed by atoms with Crippen LogP contribution in [-0.2, 0) is 6.54 Å². The zero-order valence-electron chi connectivity index (χ0n) is 22.2. The molecule has 0 saturated heterocycles. The summed E-state index contributed by atoms with van der Waals surface area (Å²) >= 11 is 3.42. The predicted octanol–water partition coefficient (Wildman–Crippen LogP) is 4.51. The zero-order chi connectivity index (χ0) is 28.9. The predicted molar refractivity (Wildman–Crippen MR) is 153 cm³/mol. The molecule has 0 aliphatic carbocycles. The van der Waals surface area contributed by atoms with Crippen molar-refractivity contribution in [3.05, 3.63) is 125 Å². The Morgan fingerprint density at radius 1 is 0.950 bits per heavy atom. The van der Waals surface area contributed by atoms with Crippen molar-refractivity contribution in [1.82, 2.24) is 14.5 Å². The number of halogens is 1. The van der Waals surface area contributed by atoms with Gasteiger partial charge in [-0.25, -0.2) is 14.7 Å². The number of carbonyl (C=O) groups excluding carboxylic acids is 3. The van der Waals surface area contributed by atoms with Gasteiger partial charge in [0.05, 0.1) is 17.7 Å². The van der Waals surface area contributed by atoms with Crippen LogP contribution in [0.3, 0.4) is 0 Å². The van der Waals surface area contributed by atoms with Gasteiger partial charge in [0.25, 0.3) is 17.4 Å². The van der Waals surface area contributed by atoms with E-state index in [1.54, 1.807) is 69.3 Å². The Kier molecular flexibility index (Phi) is 6.97. The standard InChI is InChI=1S/C30H25BrN4O5/c1-15(2)24-25(26(36)19-9-16(3)10-20(31)13-19)34(30(40)33-27(24)37)14-18-11-17(4)32-23(12-18)35-28(38)21-7-5-6-8-22(21)29(35)39/h5-13,15H,14H2,1-4H3,(H,33,37,40). The molecule has 5 rings (SSSR count). The van der Waals surface area contributed by atoms with E-state index in [4.69, 9.17) is 0 Å². The second-order valence-electron chi connectivity index (χ2n) is 10.1. The minimum absolute atomic E-state index is 0.0157. The maximum Gasteiger partial charge on any atom is 0.329 e. The van der Waals surface area contributed by atoms with Crippen molar-refractivity contribution >= 4 is 39.3 Å². The van der Waals surface area contributed by atoms with Gasteiger partial charge in [0.2, 0.25) is 5.78 Å². The highest BCUT2D eigenvalue weighted by atomic mass is 79.9. The van der Waals surface area contributed by atoms with Crippen LogP contribution in [0.4, 0.5) is 5.82 Å². The molecular weight excluding hydrogens is 576 g/mol. The average Bonchev–Trinajstić information content (AvgIpc) is 3.13. The van der Waals surface area contributed by atoms with Crippen molar-refractivity contribution in [2.45, 2.75) is 40.2 Å². The topological polar surface area (TPSA) is 122 Å². The lowest BCUT2D eigenvalue weighted by Crippen LogP contribution is -2.38. The molecule has 2 aromatic heterocycles. The van der Waals surface area contributed by atoms with Crippen molar-refractivity contribution in [2.75, 3.05) is 4.90 Å². The van der Waals surface area contributed by atoms with Gasteiger partial charge in [-0.3, -0.25) is 28.7 Å². The number of aromatic amines is 1. The normalized spacial score (nSPS) is 12.8. The number of aryl methyl sites for hydroxylation is 2. The van der Waals surface area contributed by atoms with Gasteiger partial charge in [0.1, 0.15) is 11.5 Å². The number of imide groups is 1. The molecule has 0 radical (unpaired) electrons. The summed E-state index contributed by atoms with van der Waals surface area (Å²) in [6.07, 6.45) is 0. The minimum Gasteiger partial charge on any atom is -0.287 e. The highest BCUT2D eigenvalue weighted by Crippen LogP contribution is 2.28. The van der Waals surface area contributed by atoms with Gasteiger partial charge >= 0.3 is 5.69 Å². The number of aromatic nitrogens is 3. The summed E-state index contributed by atoms with van der Waals surface area (Å²) in [5.74, 6) is -1.71. The van der Waals surface area contributed by atoms with Crippen molar-refractivity contribution in [1.29, 1.82) is 0 Å². The van der Waals surface area contributed by atoms with Gasteiger partial charge < -0.3 is 0 Å². The number of nitrogens with one attached hydrogen (secondary N) is 1. The number of hydrogen-bond donors (Lipinski definition) is 1. The van der Waals surface area contributed by atoms with Gasteiger partial charge in [-0.15, -0.1) is 0 Å². The van der Waals surface area contributed by atoms with Crippen LogP contribution in [0.2, 0.25) is 0 Å². The average molecular weight is 601 g/mol. The lowest BCUT2D eigenvalue weighted by Gasteiger charge is -2.19. The van der Waals surface area contributed by atoms with Crippen LogP contribution in [0, 0.1) is 13.8 Å². The number of benzene rings is 2. The van der Waals surface area contributed by atoms with Crippen molar-refractivity contribution in [3.63, 3.8) is 0 Å². The lowest BCUT2D eigenvalue weighted by atomic mass is 9.96. The number of ketones is 1. The molecule has 202 valence electrons. The SMILES string of the molecule is Cc1cc(Br)cc(C(=O)c2c(C(C)C)c(=O)[nH]c(=O)n2Cc2cc(C)nc(N3C(=O)c4ccccc4C3=O)c2)c1. The van der Waals surface area contributed by atoms with Crippen LogP contribution in [-0.4, -0.2) is 32.1 Å². The number of anilines is 1. The Balaban J connectivity index is 1.64. The largest absolute Gasteiger partial charge is 0.329 e. The molecule has 0 spiro atoms. The van der Waals surface area contributed by atoms with Crippen LogP contribution in [0.1, 0.15) is 78.9 Å². The second kappa shape index (κ2) is 10.3. The zero-order valence-corrected chi connectivity index (χ0v) is 23.8. The summed E-state index contributed by atoms with van der Waals surface area (Å²) in [7, 11) is 0. The number of nitrogens with zero attached hydrogens (tertiary/aromatic N) is 3. The van der Waals surface area contributed by atoms with E-state index in [1.807, 2.05) is 13.0 Å². The van der Waals surface area contributed by atoms with Crippen LogP contribution in [0.25, 0.3) is 0 Å². The molecule has 0 saturated carbocycles. The number of pyridine rings is 1. The van der Waals surface area contributed by atoms with E-state index in [2.05, 4.69) is 25.9 Å². The first-order valence-electron chi connectivity index (χ1n) is 12.6. The molecule has 3 heterocycles. The molecule has 40 heavy (non-hydrogen) atoms. The van der Waals surface area contributed by atoms with E-state index in [0.29, 0.717) is 21.3 Å². The third-order valence-corrected chi connectivity index (χ3v) is 7.15. The Hall–Kier alpha value is -4.44. The van der Waals surface area contributed by atoms with Gasteiger partial charge in [0.15, 0.2) is 0 Å². The van der Waals surface area contributed by atoms with E-state index in [0.717, 1.165) is 10.5 Å². The van der Waals surface area contributed by atoms with Crippen LogP contribution < -0.4 is 16.1 Å². The summed E-state index contributed by atoms with van der Waals surface area (Å²) in [5, 5.41) is 0. The maximum absolute atomic E-state index is 13.9. The number of hydrogen-bond acceptors (Lipinski definition) is 6. The van der Waals surface area contributed by atoms with Crippen molar-refractivity contribution in [2.24, 2.45) is 0 Å². The van der Waals surface area contributed by atoms with Crippen LogP contribution in [0.5, 0.6) is 0 Å². The van der Waals surface area contributed by atoms with E-state index in [-0.39, 0.29) is 40.7 Å². The number of amides is 2. The molecular formula is C30H25BrN4O5. The summed E-state index contributed by atoms with van der Waals surface area (Å²) in [6.45, 7) is 6.99. The Morgan fingerprint density at radius 3 is 2.20 bits per heavy atom. The summed E-state index contributed by atoms with van der Waals surface area (Å²) < 4.78 is 1.92. The fraction of sp³-hybridized carbons (Fsp3) is 0.200. The molecule has 2 aromatic carbocycles. The summed E-state index contributed by atoms with van der Waals surface area (Å²) in [5.41, 5.74) is 1.55. The van der Waals surface area contributed by atoms with E-state index < -0.39 is 28.8 Å². The first-order valence-corrected chi connectivity index (χ1v) is 13.4. The van der Waals surface area contributed by atoms with Crippen LogP contribution in [0.15, 0.2) is 68.7 Å². The number of fused-ring (bicyclic) bond motifs is 1. The monoisotopic (exact) mass is 600 g/mol. The first kappa shape index (κ1) is 27.1. The molecule has 9 nitrogen and oxygen atoms in total. The molecule has 1 aliphatic rings. The number of H-pyrrole nitrogens is 1. The molecule has 2 amide bonds. The lowest BCUT2D eigenvalue weighted by molar-refractivity contribution is 0.0924. The highest BCUT2D eigenvalue weighted by molar-refractivity contribution is 9.10. The molecule has 1 aliphatic heterocycles. The maximum atomic E-state index is 13.9.